The Labute approximate surface area is 97.6 Å². The van der Waals surface area contributed by atoms with Gasteiger partial charge in [0.1, 0.15) is 0 Å². The lowest BCUT2D eigenvalue weighted by molar-refractivity contribution is -0.133. The van der Waals surface area contributed by atoms with E-state index in [0.29, 0.717) is 5.57 Å². The number of carboxylic acid groups (broad SMARTS) is 2. The van der Waals surface area contributed by atoms with Gasteiger partial charge in [-0.1, -0.05) is 30.4 Å². The molecule has 0 aromatic carbocycles. The van der Waals surface area contributed by atoms with Gasteiger partial charge < -0.3 is 10.2 Å². The monoisotopic (exact) mass is 230 g/mol. The number of carbonyl (C=O) groups is 2. The van der Waals surface area contributed by atoms with Gasteiger partial charge in [-0.2, -0.15) is 0 Å². The summed E-state index contributed by atoms with van der Waals surface area (Å²) < 4.78 is 0. The van der Waals surface area contributed by atoms with Crippen LogP contribution in [0, 0.1) is 5.92 Å². The van der Waals surface area contributed by atoms with Crippen molar-refractivity contribution in [3.05, 3.63) is 59.3 Å². The highest BCUT2D eigenvalue weighted by atomic mass is 16.4. The predicted molar refractivity (Wildman–Crippen MR) is 61.3 cm³/mol. The molecule has 0 saturated heterocycles. The van der Waals surface area contributed by atoms with Gasteiger partial charge in [0.15, 0.2) is 0 Å². The highest BCUT2D eigenvalue weighted by Crippen LogP contribution is 2.22. The summed E-state index contributed by atoms with van der Waals surface area (Å²) in [5, 5.41) is 17.8. The molecule has 0 aromatic rings. The third-order valence-corrected chi connectivity index (χ3v) is 2.53. The zero-order valence-electron chi connectivity index (χ0n) is 8.83. The summed E-state index contributed by atoms with van der Waals surface area (Å²) in [6, 6.07) is 0. The molecule has 1 unspecified atom stereocenters. The first-order valence-electron chi connectivity index (χ1n) is 5.04. The van der Waals surface area contributed by atoms with Crippen molar-refractivity contribution in [3.63, 3.8) is 0 Å². The van der Waals surface area contributed by atoms with Crippen LogP contribution in [0.25, 0.3) is 0 Å². The van der Waals surface area contributed by atoms with Gasteiger partial charge in [0.25, 0.3) is 0 Å². The Hall–Kier alpha value is -2.36. The van der Waals surface area contributed by atoms with Crippen molar-refractivity contribution in [1.82, 2.24) is 0 Å². The Kier molecular flexibility index (Phi) is 2.78. The first-order valence-corrected chi connectivity index (χ1v) is 5.04. The molecule has 4 nitrogen and oxygen atoms in total. The van der Waals surface area contributed by atoms with Gasteiger partial charge in [0.2, 0.25) is 0 Å². The number of allylic oxidation sites excluding steroid dienone is 6. The van der Waals surface area contributed by atoms with Crippen molar-refractivity contribution in [1.29, 1.82) is 0 Å². The van der Waals surface area contributed by atoms with Crippen LogP contribution in [-0.4, -0.2) is 22.2 Å². The quantitative estimate of drug-likeness (QED) is 0.757. The Morgan fingerprint density at radius 2 is 1.65 bits per heavy atom. The van der Waals surface area contributed by atoms with E-state index in [2.05, 4.69) is 0 Å². The highest BCUT2D eigenvalue weighted by Gasteiger charge is 2.14. The topological polar surface area (TPSA) is 74.6 Å². The third kappa shape index (κ3) is 2.42. The van der Waals surface area contributed by atoms with Gasteiger partial charge in [0, 0.05) is 5.92 Å². The summed E-state index contributed by atoms with van der Waals surface area (Å²) in [5.41, 5.74) is 1.10. The van der Waals surface area contributed by atoms with E-state index in [1.54, 1.807) is 18.2 Å². The van der Waals surface area contributed by atoms with Crippen molar-refractivity contribution in [2.75, 3.05) is 0 Å². The summed E-state index contributed by atoms with van der Waals surface area (Å²) in [6.45, 7) is 0. The van der Waals surface area contributed by atoms with E-state index in [0.717, 1.165) is 0 Å². The molecule has 2 aliphatic carbocycles. The summed E-state index contributed by atoms with van der Waals surface area (Å²) >= 11 is 0. The third-order valence-electron chi connectivity index (χ3n) is 2.53. The van der Waals surface area contributed by atoms with Crippen molar-refractivity contribution in [2.24, 2.45) is 5.92 Å². The van der Waals surface area contributed by atoms with E-state index in [1.807, 2.05) is 6.08 Å². The molecular formula is C13H10O4. The van der Waals surface area contributed by atoms with E-state index >= 15 is 0 Å². The molecule has 0 fully saturated rings. The summed E-state index contributed by atoms with van der Waals surface area (Å²) in [5.74, 6) is -2.18. The Morgan fingerprint density at radius 3 is 2.29 bits per heavy atom. The molecule has 0 radical (unpaired) electrons. The molecule has 0 heterocycles. The highest BCUT2D eigenvalue weighted by molar-refractivity contribution is 5.92. The molecule has 0 amide bonds. The van der Waals surface area contributed by atoms with Crippen LogP contribution in [0.3, 0.4) is 0 Å². The van der Waals surface area contributed by atoms with Crippen molar-refractivity contribution in [3.8, 4) is 0 Å². The van der Waals surface area contributed by atoms with Crippen LogP contribution in [0.1, 0.15) is 0 Å². The van der Waals surface area contributed by atoms with E-state index in [4.69, 9.17) is 10.2 Å². The maximum Gasteiger partial charge on any atom is 0.335 e. The summed E-state index contributed by atoms with van der Waals surface area (Å²) in [7, 11) is 0. The summed E-state index contributed by atoms with van der Waals surface area (Å²) in [6.07, 6.45) is 11.2. The Morgan fingerprint density at radius 1 is 0.941 bits per heavy atom. The lowest BCUT2D eigenvalue weighted by Gasteiger charge is -2.00. The van der Waals surface area contributed by atoms with Crippen LogP contribution in [0.4, 0.5) is 0 Å². The van der Waals surface area contributed by atoms with E-state index in [-0.39, 0.29) is 17.1 Å². The molecule has 86 valence electrons. The molecule has 2 rings (SSSR count). The average molecular weight is 230 g/mol. The van der Waals surface area contributed by atoms with Gasteiger partial charge in [0.05, 0.1) is 11.1 Å². The fourth-order valence-electron chi connectivity index (χ4n) is 1.70. The maximum absolute atomic E-state index is 10.9. The normalized spacial score (nSPS) is 21.9. The number of aliphatic carboxylic acids is 2. The Balaban J connectivity index is 2.40. The minimum absolute atomic E-state index is 0.190. The largest absolute Gasteiger partial charge is 0.478 e. The van der Waals surface area contributed by atoms with Gasteiger partial charge in [-0.3, -0.25) is 0 Å². The maximum atomic E-state index is 10.9. The number of fused-ring (bicyclic) bond motifs is 1. The Bertz CT molecular complexity index is 530. The molecular weight excluding hydrogens is 220 g/mol. The molecule has 2 N–H and O–H groups in total. The first-order chi connectivity index (χ1) is 8.06. The standard InChI is InChI=1S/C13H10O4/c14-12(15)10-3-1-8-5-9(7-10)2-4-11(6-8)13(16)17/h1-8H,(H,14,15)(H,16,17). The molecule has 17 heavy (non-hydrogen) atoms. The van der Waals surface area contributed by atoms with E-state index in [9.17, 15) is 9.59 Å². The molecule has 2 bridgehead atoms. The van der Waals surface area contributed by atoms with Gasteiger partial charge in [-0.15, -0.1) is 0 Å². The molecule has 2 aliphatic rings. The predicted octanol–water partition coefficient (Wildman–Crippen LogP) is 1.69. The second-order valence-corrected chi connectivity index (χ2v) is 3.77. The second kappa shape index (κ2) is 4.25. The second-order valence-electron chi connectivity index (χ2n) is 3.77. The molecule has 1 atom stereocenters. The molecule has 0 saturated carbocycles. The lowest BCUT2D eigenvalue weighted by Crippen LogP contribution is -2.00. The van der Waals surface area contributed by atoms with Crippen LogP contribution in [-0.2, 0) is 9.59 Å². The minimum Gasteiger partial charge on any atom is -0.478 e. The minimum atomic E-state index is -0.996. The zero-order valence-corrected chi connectivity index (χ0v) is 8.83. The molecule has 0 spiro atoms. The number of carboxylic acids is 2. The number of rotatable bonds is 2. The fourth-order valence-corrected chi connectivity index (χ4v) is 1.70. The fraction of sp³-hybridized carbons (Fsp3) is 0.0769. The number of hydrogen-bond acceptors (Lipinski definition) is 2. The number of hydrogen-bond donors (Lipinski definition) is 2. The van der Waals surface area contributed by atoms with Crippen molar-refractivity contribution in [2.45, 2.75) is 0 Å². The van der Waals surface area contributed by atoms with Gasteiger partial charge >= 0.3 is 11.9 Å². The zero-order chi connectivity index (χ0) is 12.4. The van der Waals surface area contributed by atoms with Gasteiger partial charge in [-0.05, 0) is 17.7 Å². The molecule has 0 aliphatic heterocycles. The lowest BCUT2D eigenvalue weighted by atomic mass is 10.1. The van der Waals surface area contributed by atoms with Crippen LogP contribution >= 0.6 is 0 Å². The smallest absolute Gasteiger partial charge is 0.335 e. The van der Waals surface area contributed by atoms with Crippen LogP contribution < -0.4 is 0 Å². The molecule has 4 heteroatoms. The molecule has 0 aromatic heterocycles. The van der Waals surface area contributed by atoms with E-state index in [1.165, 1.54) is 18.2 Å². The van der Waals surface area contributed by atoms with E-state index < -0.39 is 11.9 Å². The van der Waals surface area contributed by atoms with Crippen molar-refractivity contribution < 1.29 is 19.8 Å². The summed E-state index contributed by atoms with van der Waals surface area (Å²) in [4.78, 5) is 21.8. The van der Waals surface area contributed by atoms with Crippen molar-refractivity contribution >= 4 is 11.9 Å². The first kappa shape index (κ1) is 11.1. The van der Waals surface area contributed by atoms with Crippen LogP contribution in [0.5, 0.6) is 0 Å². The average Bonchev–Trinajstić information content (AvgIpc) is 2.58. The van der Waals surface area contributed by atoms with Gasteiger partial charge in [-0.25, -0.2) is 9.59 Å². The SMILES string of the molecule is O=C(O)C1=CC2=CC(C=C1)C=C(C(=O)O)C=C2. The van der Waals surface area contributed by atoms with Crippen LogP contribution in [0.2, 0.25) is 0 Å². The van der Waals surface area contributed by atoms with Crippen LogP contribution in [0.15, 0.2) is 59.3 Å².